The summed E-state index contributed by atoms with van der Waals surface area (Å²) in [6.45, 7) is 0. The number of nitrogens with two attached hydrogens (primary N) is 1. The Morgan fingerprint density at radius 3 is 2.76 bits per heavy atom. The van der Waals surface area contributed by atoms with Gasteiger partial charge in [-0.05, 0) is 23.6 Å². The van der Waals surface area contributed by atoms with Gasteiger partial charge in [-0.1, -0.05) is 0 Å². The van der Waals surface area contributed by atoms with E-state index in [1.54, 1.807) is 6.07 Å². The van der Waals surface area contributed by atoms with Gasteiger partial charge in [-0.3, -0.25) is 0 Å². The Morgan fingerprint density at radius 2 is 2.18 bits per heavy atom. The van der Waals surface area contributed by atoms with Gasteiger partial charge in [-0.25, -0.2) is 9.18 Å². The van der Waals surface area contributed by atoms with Crippen LogP contribution in [-0.4, -0.2) is 11.1 Å². The first-order chi connectivity index (χ1) is 8.09. The van der Waals surface area contributed by atoms with Crippen LogP contribution >= 0.6 is 11.3 Å². The predicted molar refractivity (Wildman–Crippen MR) is 65.4 cm³/mol. The van der Waals surface area contributed by atoms with Gasteiger partial charge in [0.2, 0.25) is 0 Å². The molecule has 4 N–H and O–H groups in total. The maximum atomic E-state index is 13.2. The quantitative estimate of drug-likeness (QED) is 0.734. The normalized spacial score (nSPS) is 10.2. The minimum atomic E-state index is -1.26. The maximum Gasteiger partial charge on any atom is 0.340 e. The van der Waals surface area contributed by atoms with Crippen molar-refractivity contribution < 1.29 is 14.3 Å². The molecule has 2 aromatic rings. The summed E-state index contributed by atoms with van der Waals surface area (Å²) in [7, 11) is 0. The third kappa shape index (κ3) is 2.21. The molecule has 0 unspecified atom stereocenters. The molecule has 17 heavy (non-hydrogen) atoms. The standard InChI is InChI=1S/C11H9FN2O2S/c12-7-1-2-8(9(10(7)13)11(15)16)14-6-3-4-17-5-6/h1-5,14H,13H2,(H,15,16). The third-order valence-electron chi connectivity index (χ3n) is 2.21. The number of carbonyl (C=O) groups is 1. The minimum Gasteiger partial charge on any atom is -0.478 e. The van der Waals surface area contributed by atoms with Crippen LogP contribution in [0.15, 0.2) is 29.0 Å². The molecule has 6 heteroatoms. The summed E-state index contributed by atoms with van der Waals surface area (Å²) in [6.07, 6.45) is 0. The van der Waals surface area contributed by atoms with Crippen LogP contribution in [0.3, 0.4) is 0 Å². The number of aromatic carboxylic acids is 1. The number of nitrogen functional groups attached to an aromatic ring is 1. The van der Waals surface area contributed by atoms with E-state index in [0.717, 1.165) is 11.8 Å². The highest BCUT2D eigenvalue weighted by atomic mass is 32.1. The molecule has 4 nitrogen and oxygen atoms in total. The van der Waals surface area contributed by atoms with E-state index < -0.39 is 11.8 Å². The molecule has 1 heterocycles. The number of nitrogens with one attached hydrogen (secondary N) is 1. The number of rotatable bonds is 3. The molecule has 0 bridgehead atoms. The van der Waals surface area contributed by atoms with Gasteiger partial charge in [0, 0.05) is 11.1 Å². The maximum absolute atomic E-state index is 13.2. The van der Waals surface area contributed by atoms with E-state index in [1.807, 2.05) is 10.8 Å². The summed E-state index contributed by atoms with van der Waals surface area (Å²) < 4.78 is 13.2. The van der Waals surface area contributed by atoms with E-state index >= 15 is 0 Å². The van der Waals surface area contributed by atoms with Crippen molar-refractivity contribution in [2.45, 2.75) is 0 Å². The van der Waals surface area contributed by atoms with Gasteiger partial charge in [0.15, 0.2) is 0 Å². The molecule has 0 fully saturated rings. The Morgan fingerprint density at radius 1 is 1.41 bits per heavy atom. The minimum absolute atomic E-state index is 0.254. The van der Waals surface area contributed by atoms with Crippen LogP contribution in [0, 0.1) is 5.82 Å². The average Bonchev–Trinajstić information content (AvgIpc) is 2.76. The molecule has 0 spiro atoms. The fraction of sp³-hybridized carbons (Fsp3) is 0. The van der Waals surface area contributed by atoms with Crippen molar-refractivity contribution in [3.8, 4) is 0 Å². The van der Waals surface area contributed by atoms with Crippen LogP contribution in [0.1, 0.15) is 10.4 Å². The smallest absolute Gasteiger partial charge is 0.340 e. The first-order valence-corrected chi connectivity index (χ1v) is 5.64. The third-order valence-corrected chi connectivity index (χ3v) is 2.89. The summed E-state index contributed by atoms with van der Waals surface area (Å²) in [4.78, 5) is 11.0. The van der Waals surface area contributed by atoms with Crippen molar-refractivity contribution in [3.63, 3.8) is 0 Å². The van der Waals surface area contributed by atoms with Gasteiger partial charge in [-0.2, -0.15) is 11.3 Å². The molecule has 0 atom stereocenters. The van der Waals surface area contributed by atoms with Gasteiger partial charge < -0.3 is 16.2 Å². The monoisotopic (exact) mass is 252 g/mol. The van der Waals surface area contributed by atoms with Crippen molar-refractivity contribution in [1.82, 2.24) is 0 Å². The van der Waals surface area contributed by atoms with Gasteiger partial charge in [-0.15, -0.1) is 0 Å². The van der Waals surface area contributed by atoms with Crippen molar-refractivity contribution in [2.75, 3.05) is 11.1 Å². The number of carboxylic acids is 1. The van der Waals surface area contributed by atoms with Crippen molar-refractivity contribution in [3.05, 3.63) is 40.3 Å². The Bertz CT molecular complexity index is 555. The summed E-state index contributed by atoms with van der Waals surface area (Å²) in [6, 6.07) is 4.28. The average molecular weight is 252 g/mol. The molecule has 0 aliphatic rings. The Labute approximate surface area is 101 Å². The van der Waals surface area contributed by atoms with Gasteiger partial charge in [0.25, 0.3) is 0 Å². The largest absolute Gasteiger partial charge is 0.478 e. The molecule has 1 aromatic carbocycles. The lowest BCUT2D eigenvalue weighted by atomic mass is 10.1. The topological polar surface area (TPSA) is 75.3 Å². The molecule has 88 valence electrons. The Balaban J connectivity index is 2.47. The summed E-state index contributed by atoms with van der Waals surface area (Å²) >= 11 is 1.47. The number of anilines is 3. The number of thiophene rings is 1. The zero-order chi connectivity index (χ0) is 12.4. The molecule has 0 saturated carbocycles. The van der Waals surface area contributed by atoms with Crippen molar-refractivity contribution >= 4 is 34.4 Å². The van der Waals surface area contributed by atoms with Crippen LogP contribution in [0.25, 0.3) is 0 Å². The van der Waals surface area contributed by atoms with E-state index in [0.29, 0.717) is 0 Å². The van der Waals surface area contributed by atoms with E-state index in [1.165, 1.54) is 17.4 Å². The zero-order valence-corrected chi connectivity index (χ0v) is 9.42. The first-order valence-electron chi connectivity index (χ1n) is 4.70. The van der Waals surface area contributed by atoms with E-state index in [2.05, 4.69) is 5.32 Å². The molecule has 0 aliphatic heterocycles. The lowest BCUT2D eigenvalue weighted by Gasteiger charge is -2.10. The zero-order valence-electron chi connectivity index (χ0n) is 8.61. The van der Waals surface area contributed by atoms with Crippen LogP contribution in [-0.2, 0) is 0 Å². The van der Waals surface area contributed by atoms with Crippen molar-refractivity contribution in [2.24, 2.45) is 0 Å². The lowest BCUT2D eigenvalue weighted by molar-refractivity contribution is 0.0698. The van der Waals surface area contributed by atoms with Crippen LogP contribution in [0.4, 0.5) is 21.5 Å². The van der Waals surface area contributed by atoms with E-state index in [4.69, 9.17) is 10.8 Å². The number of hydrogen-bond acceptors (Lipinski definition) is 4. The Hall–Kier alpha value is -2.08. The first kappa shape index (κ1) is 11.4. The van der Waals surface area contributed by atoms with Crippen molar-refractivity contribution in [1.29, 1.82) is 0 Å². The number of halogens is 1. The molecule has 0 radical (unpaired) electrons. The molecule has 0 saturated heterocycles. The van der Waals surface area contributed by atoms with E-state index in [-0.39, 0.29) is 16.9 Å². The van der Waals surface area contributed by atoms with E-state index in [9.17, 15) is 9.18 Å². The number of hydrogen-bond donors (Lipinski definition) is 3. The SMILES string of the molecule is Nc1c(F)ccc(Nc2ccsc2)c1C(=O)O. The van der Waals surface area contributed by atoms with Gasteiger partial charge in [0.1, 0.15) is 11.4 Å². The molecular formula is C11H9FN2O2S. The molecule has 0 aliphatic carbocycles. The lowest BCUT2D eigenvalue weighted by Crippen LogP contribution is -2.08. The predicted octanol–water partition coefficient (Wildman–Crippen LogP) is 2.91. The second kappa shape index (κ2) is 4.42. The highest BCUT2D eigenvalue weighted by Crippen LogP contribution is 2.28. The number of benzene rings is 1. The molecule has 2 rings (SSSR count). The van der Waals surface area contributed by atoms with Gasteiger partial charge >= 0.3 is 5.97 Å². The fourth-order valence-corrected chi connectivity index (χ4v) is 2.01. The summed E-state index contributed by atoms with van der Waals surface area (Å²) in [5.74, 6) is -2.00. The van der Waals surface area contributed by atoms with Crippen LogP contribution in [0.2, 0.25) is 0 Å². The second-order valence-corrected chi connectivity index (χ2v) is 4.11. The van der Waals surface area contributed by atoms with Gasteiger partial charge in [0.05, 0.1) is 11.4 Å². The second-order valence-electron chi connectivity index (χ2n) is 3.33. The van der Waals surface area contributed by atoms with Crippen LogP contribution < -0.4 is 11.1 Å². The Kier molecular flexibility index (Phi) is 2.97. The highest BCUT2D eigenvalue weighted by Gasteiger charge is 2.17. The summed E-state index contributed by atoms with van der Waals surface area (Å²) in [5.41, 5.74) is 5.82. The summed E-state index contributed by atoms with van der Waals surface area (Å²) in [5, 5.41) is 15.6. The fourth-order valence-electron chi connectivity index (χ4n) is 1.42. The number of carboxylic acid groups (broad SMARTS) is 1. The molecule has 0 amide bonds. The molecule has 1 aromatic heterocycles. The highest BCUT2D eigenvalue weighted by molar-refractivity contribution is 7.08. The molecular weight excluding hydrogens is 243 g/mol. The van der Waals surface area contributed by atoms with Crippen LogP contribution in [0.5, 0.6) is 0 Å².